The predicted octanol–water partition coefficient (Wildman–Crippen LogP) is 12.4. The van der Waals surface area contributed by atoms with Crippen molar-refractivity contribution in [2.24, 2.45) is 0 Å². The van der Waals surface area contributed by atoms with E-state index in [0.717, 1.165) is 22.3 Å². The molecular formula is C55H43Cl2N7O6. The molecule has 7 heterocycles. The first kappa shape index (κ1) is 49.4. The highest BCUT2D eigenvalue weighted by Crippen LogP contribution is 2.25. The Morgan fingerprint density at radius 3 is 1.34 bits per heavy atom. The molecule has 0 saturated carbocycles. The van der Waals surface area contributed by atoms with Gasteiger partial charge in [-0.2, -0.15) is 0 Å². The Kier molecular flexibility index (Phi) is 17.7. The number of aryl methyl sites for hydroxylation is 2. The average molecular weight is 969 g/mol. The Labute approximate surface area is 414 Å². The third-order valence-electron chi connectivity index (χ3n) is 9.80. The molecule has 2 aromatic carbocycles. The number of ether oxygens (including phenoxy) is 3. The van der Waals surface area contributed by atoms with Gasteiger partial charge < -0.3 is 14.2 Å². The number of halogens is 2. The first-order valence-electron chi connectivity index (χ1n) is 21.7. The maximum atomic E-state index is 12.5. The maximum Gasteiger partial charge on any atom is 0.187 e. The number of nitrogens with zero attached hydrogens (tertiary/aromatic N) is 7. The third-order valence-corrected chi connectivity index (χ3v) is 10.4. The molecule has 0 N–H and O–H groups in total. The average Bonchev–Trinajstić information content (AvgIpc) is 3.37. The summed E-state index contributed by atoms with van der Waals surface area (Å²) in [5.74, 6) is 3.17. The lowest BCUT2D eigenvalue weighted by Gasteiger charge is -2.07. The van der Waals surface area contributed by atoms with Crippen LogP contribution >= 0.6 is 23.2 Å². The quantitative estimate of drug-likeness (QED) is 0.0890. The highest BCUT2D eigenvalue weighted by molar-refractivity contribution is 6.31. The molecule has 0 radical (unpaired) electrons. The topological polar surface area (TPSA) is 169 Å². The van der Waals surface area contributed by atoms with Crippen molar-refractivity contribution in [1.29, 1.82) is 0 Å². The van der Waals surface area contributed by atoms with Crippen molar-refractivity contribution < 1.29 is 28.6 Å². The largest absolute Gasteiger partial charge is 0.456 e. The molecule has 9 rings (SSSR count). The molecule has 70 heavy (non-hydrogen) atoms. The number of aromatic nitrogens is 7. The molecule has 0 aliphatic rings. The van der Waals surface area contributed by atoms with Gasteiger partial charge in [-0.05, 0) is 121 Å². The second-order valence-electron chi connectivity index (χ2n) is 15.3. The molecule has 7 aromatic heterocycles. The molecule has 0 unspecified atom stereocenters. The van der Waals surface area contributed by atoms with Crippen molar-refractivity contribution in [2.75, 3.05) is 0 Å². The summed E-state index contributed by atoms with van der Waals surface area (Å²) < 4.78 is 17.0. The smallest absolute Gasteiger partial charge is 0.187 e. The second kappa shape index (κ2) is 25.0. The minimum atomic E-state index is -0.102. The zero-order valence-corrected chi connectivity index (χ0v) is 39.4. The molecule has 0 aliphatic carbocycles. The molecule has 0 spiro atoms. The zero-order valence-electron chi connectivity index (χ0n) is 37.9. The van der Waals surface area contributed by atoms with Gasteiger partial charge in [0.1, 0.15) is 51.6 Å². The summed E-state index contributed by atoms with van der Waals surface area (Å²) in [5.41, 5.74) is 5.51. The summed E-state index contributed by atoms with van der Waals surface area (Å²) in [5, 5.41) is 1.28. The summed E-state index contributed by atoms with van der Waals surface area (Å²) in [7, 11) is 0. The fourth-order valence-corrected chi connectivity index (χ4v) is 7.00. The molecule has 0 amide bonds. The van der Waals surface area contributed by atoms with Gasteiger partial charge in [0, 0.05) is 90.2 Å². The van der Waals surface area contributed by atoms with E-state index in [9.17, 15) is 14.4 Å². The van der Waals surface area contributed by atoms with E-state index >= 15 is 0 Å². The summed E-state index contributed by atoms with van der Waals surface area (Å²) in [6.07, 6.45) is 16.9. The number of carbonyl (C=O) groups is 3. The van der Waals surface area contributed by atoms with Crippen LogP contribution in [0.15, 0.2) is 189 Å². The predicted molar refractivity (Wildman–Crippen MR) is 266 cm³/mol. The molecule has 348 valence electrons. The van der Waals surface area contributed by atoms with E-state index in [2.05, 4.69) is 34.9 Å². The summed E-state index contributed by atoms with van der Waals surface area (Å²) in [4.78, 5) is 65.6. The van der Waals surface area contributed by atoms with Crippen LogP contribution in [0.1, 0.15) is 59.4 Å². The van der Waals surface area contributed by atoms with Crippen molar-refractivity contribution in [3.8, 4) is 34.5 Å². The minimum absolute atomic E-state index is 0.0895. The van der Waals surface area contributed by atoms with Crippen molar-refractivity contribution >= 4 is 40.6 Å². The molecule has 0 bridgehead atoms. The van der Waals surface area contributed by atoms with Crippen LogP contribution in [0.3, 0.4) is 0 Å². The molecule has 13 nitrogen and oxygen atoms in total. The Morgan fingerprint density at radius 1 is 0.429 bits per heavy atom. The molecule has 0 saturated heterocycles. The van der Waals surface area contributed by atoms with Crippen LogP contribution in [0.5, 0.6) is 34.5 Å². The van der Waals surface area contributed by atoms with Gasteiger partial charge in [-0.1, -0.05) is 47.5 Å². The van der Waals surface area contributed by atoms with Crippen LogP contribution in [-0.2, 0) is 19.3 Å². The molecule has 0 atom stereocenters. The van der Waals surface area contributed by atoms with Crippen LogP contribution in [-0.4, -0.2) is 52.2 Å². The van der Waals surface area contributed by atoms with Crippen molar-refractivity contribution in [2.45, 2.75) is 33.1 Å². The lowest BCUT2D eigenvalue weighted by molar-refractivity contribution is 0.0979. The van der Waals surface area contributed by atoms with E-state index in [0.29, 0.717) is 67.3 Å². The van der Waals surface area contributed by atoms with E-state index < -0.39 is 0 Å². The number of hydrogen-bond donors (Lipinski definition) is 0. The number of benzene rings is 2. The van der Waals surface area contributed by atoms with Gasteiger partial charge in [0.25, 0.3) is 0 Å². The maximum absolute atomic E-state index is 12.5. The number of carbonyl (C=O) groups excluding carboxylic acids is 3. The SMILES string of the molecule is Cc1cc(Cl)cc(CC(=O)c2cc(Oc3cccnc3)ccn2)c1.Cc1ccc(CC(=O)c2cc(Oc3cccnc3)ccn2)cc1Cl.O=C(Cc1ccccn1)c1cc(Oc2cccnc2)ccn1. The van der Waals surface area contributed by atoms with E-state index in [1.54, 1.807) is 141 Å². The highest BCUT2D eigenvalue weighted by atomic mass is 35.5. The van der Waals surface area contributed by atoms with Crippen molar-refractivity contribution in [3.63, 3.8) is 0 Å². The van der Waals surface area contributed by atoms with E-state index in [4.69, 9.17) is 37.4 Å². The van der Waals surface area contributed by atoms with Gasteiger partial charge in [-0.3, -0.25) is 49.3 Å². The van der Waals surface area contributed by atoms with Crippen molar-refractivity contribution in [3.05, 3.63) is 244 Å². The number of ketones is 3. The van der Waals surface area contributed by atoms with Gasteiger partial charge in [0.05, 0.1) is 25.0 Å². The molecule has 9 aromatic rings. The van der Waals surface area contributed by atoms with E-state index in [1.807, 2.05) is 62.4 Å². The summed E-state index contributed by atoms with van der Waals surface area (Å²) in [6, 6.07) is 37.4. The van der Waals surface area contributed by atoms with E-state index in [-0.39, 0.29) is 36.6 Å². The summed E-state index contributed by atoms with van der Waals surface area (Å²) >= 11 is 12.1. The lowest BCUT2D eigenvalue weighted by Crippen LogP contribution is -2.07. The van der Waals surface area contributed by atoms with Crippen LogP contribution in [0, 0.1) is 13.8 Å². The molecule has 15 heteroatoms. The molecular weight excluding hydrogens is 926 g/mol. The highest BCUT2D eigenvalue weighted by Gasteiger charge is 2.14. The third kappa shape index (κ3) is 15.5. The van der Waals surface area contributed by atoms with Crippen LogP contribution in [0.4, 0.5) is 0 Å². The standard InChI is InChI=1S/2C19H15ClN2O2.C17H13N3O2/c1-13-4-5-14(9-17(13)20)10-19(23)18-11-15(6-8-22-18)24-16-3-2-7-21-12-16;1-13-7-14(9-15(20)8-13)10-19(23)18-11-16(4-6-22-18)24-17-3-2-5-21-12-17;21-17(10-13-4-1-2-8-19-13)16-11-14(6-9-20-16)22-15-5-3-7-18-12-15/h2*2-9,11-12H,10H2,1H3;1-9,11-12H,10H2. The zero-order chi connectivity index (χ0) is 49.1. The Bertz CT molecular complexity index is 3150. The number of Topliss-reactive ketones (excluding diaryl/α,β-unsaturated/α-hetero) is 3. The van der Waals surface area contributed by atoms with Crippen LogP contribution < -0.4 is 14.2 Å². The monoisotopic (exact) mass is 967 g/mol. The van der Waals surface area contributed by atoms with Gasteiger partial charge >= 0.3 is 0 Å². The number of rotatable bonds is 15. The number of pyridine rings is 7. The van der Waals surface area contributed by atoms with Crippen molar-refractivity contribution in [1.82, 2.24) is 34.9 Å². The van der Waals surface area contributed by atoms with Crippen LogP contribution in [0.25, 0.3) is 0 Å². The van der Waals surface area contributed by atoms with Gasteiger partial charge in [-0.15, -0.1) is 0 Å². The van der Waals surface area contributed by atoms with Gasteiger partial charge in [-0.25, -0.2) is 0 Å². The van der Waals surface area contributed by atoms with Gasteiger partial charge in [0.15, 0.2) is 17.3 Å². The van der Waals surface area contributed by atoms with Crippen LogP contribution in [0.2, 0.25) is 10.0 Å². The minimum Gasteiger partial charge on any atom is -0.456 e. The Hall–Kier alpha value is -8.52. The molecule has 0 fully saturated rings. The first-order chi connectivity index (χ1) is 34.0. The summed E-state index contributed by atoms with van der Waals surface area (Å²) in [6.45, 7) is 3.87. The fourth-order valence-electron chi connectivity index (χ4n) is 6.48. The normalized spacial score (nSPS) is 10.3. The Morgan fingerprint density at radius 2 is 0.914 bits per heavy atom. The lowest BCUT2D eigenvalue weighted by atomic mass is 10.0. The Balaban J connectivity index is 0.000000155. The second-order valence-corrected chi connectivity index (χ2v) is 16.2. The van der Waals surface area contributed by atoms with Gasteiger partial charge in [0.2, 0.25) is 0 Å². The fraction of sp³-hybridized carbons (Fsp3) is 0.0909. The van der Waals surface area contributed by atoms with E-state index in [1.165, 1.54) is 0 Å². The molecule has 0 aliphatic heterocycles. The number of hydrogen-bond acceptors (Lipinski definition) is 13. The first-order valence-corrected chi connectivity index (χ1v) is 22.4.